The van der Waals surface area contributed by atoms with Crippen LogP contribution in [0.5, 0.6) is 0 Å². The van der Waals surface area contributed by atoms with E-state index < -0.39 is 28.4 Å². The number of rotatable bonds is 2. The van der Waals surface area contributed by atoms with Crippen molar-refractivity contribution in [3.05, 3.63) is 22.0 Å². The van der Waals surface area contributed by atoms with Gasteiger partial charge in [0.1, 0.15) is 17.1 Å². The highest BCUT2D eigenvalue weighted by Gasteiger charge is 2.24. The molecule has 4 N–H and O–H groups in total. The van der Waals surface area contributed by atoms with Gasteiger partial charge in [-0.15, -0.1) is 0 Å². The number of pyridine rings is 1. The predicted octanol–water partition coefficient (Wildman–Crippen LogP) is 1.09. The van der Waals surface area contributed by atoms with Crippen LogP contribution in [-0.4, -0.2) is 9.91 Å². The Morgan fingerprint density at radius 3 is 2.50 bits per heavy atom. The van der Waals surface area contributed by atoms with Crippen LogP contribution < -0.4 is 11.5 Å². The third-order valence-corrected chi connectivity index (χ3v) is 1.54. The number of anilines is 2. The topological polar surface area (TPSA) is 108 Å². The Bertz CT molecular complexity index is 382. The normalized spacial score (nSPS) is 10.5. The zero-order valence-electron chi connectivity index (χ0n) is 6.78. The second-order valence-electron chi connectivity index (χ2n) is 2.42. The van der Waals surface area contributed by atoms with Gasteiger partial charge in [-0.05, 0) is 0 Å². The molecule has 1 aromatic heterocycles. The van der Waals surface area contributed by atoms with E-state index in [9.17, 15) is 18.9 Å². The highest BCUT2D eigenvalue weighted by molar-refractivity contribution is 5.73. The number of alkyl halides is 2. The molecule has 1 heterocycles. The molecule has 6 nitrogen and oxygen atoms in total. The first-order chi connectivity index (χ1) is 6.45. The van der Waals surface area contributed by atoms with E-state index in [1.165, 1.54) is 0 Å². The summed E-state index contributed by atoms with van der Waals surface area (Å²) < 4.78 is 24.4. The summed E-state index contributed by atoms with van der Waals surface area (Å²) in [5, 5.41) is 10.4. The van der Waals surface area contributed by atoms with E-state index in [2.05, 4.69) is 4.98 Å². The summed E-state index contributed by atoms with van der Waals surface area (Å²) in [6, 6.07) is 0. The quantitative estimate of drug-likeness (QED) is 0.553. The van der Waals surface area contributed by atoms with Crippen LogP contribution in [0.1, 0.15) is 12.1 Å². The van der Waals surface area contributed by atoms with E-state index in [1.807, 2.05) is 0 Å². The van der Waals surface area contributed by atoms with Gasteiger partial charge >= 0.3 is 5.69 Å². The average Bonchev–Trinajstić information content (AvgIpc) is 2.02. The van der Waals surface area contributed by atoms with Crippen LogP contribution in [0.3, 0.4) is 0 Å². The van der Waals surface area contributed by atoms with Gasteiger partial charge in [0.15, 0.2) is 0 Å². The molecule has 0 aliphatic heterocycles. The Balaban J connectivity index is 3.41. The van der Waals surface area contributed by atoms with Crippen molar-refractivity contribution in [2.24, 2.45) is 0 Å². The molecule has 0 spiro atoms. The molecule has 1 aromatic rings. The van der Waals surface area contributed by atoms with Crippen molar-refractivity contribution < 1.29 is 13.7 Å². The highest BCUT2D eigenvalue weighted by atomic mass is 19.3. The first kappa shape index (κ1) is 10.1. The standard InChI is InChI=1S/C6H6F2N4O2/c7-6(8)4-3(10)5(12(13)14)2(9)1-11-4/h1,6H,9-10H2. The van der Waals surface area contributed by atoms with Gasteiger partial charge in [0.2, 0.25) is 0 Å². The summed E-state index contributed by atoms with van der Waals surface area (Å²) in [6.07, 6.45) is -2.18. The van der Waals surface area contributed by atoms with Crippen LogP contribution in [0.2, 0.25) is 0 Å². The van der Waals surface area contributed by atoms with Crippen LogP contribution in [0.15, 0.2) is 6.20 Å². The molecule has 8 heteroatoms. The van der Waals surface area contributed by atoms with Crippen LogP contribution in [0.4, 0.5) is 25.8 Å². The fourth-order valence-corrected chi connectivity index (χ4v) is 0.924. The number of nitrogens with two attached hydrogens (primary N) is 2. The van der Waals surface area contributed by atoms with Crippen LogP contribution in [0.25, 0.3) is 0 Å². The Morgan fingerprint density at radius 1 is 1.50 bits per heavy atom. The minimum atomic E-state index is -2.96. The van der Waals surface area contributed by atoms with Gasteiger partial charge in [-0.2, -0.15) is 0 Å². The van der Waals surface area contributed by atoms with E-state index in [0.717, 1.165) is 6.20 Å². The van der Waals surface area contributed by atoms with Crippen molar-refractivity contribution in [2.45, 2.75) is 6.43 Å². The maximum absolute atomic E-state index is 12.2. The smallest absolute Gasteiger partial charge is 0.318 e. The molecular weight excluding hydrogens is 198 g/mol. The van der Waals surface area contributed by atoms with Crippen molar-refractivity contribution in [3.8, 4) is 0 Å². The molecule has 0 fully saturated rings. The fourth-order valence-electron chi connectivity index (χ4n) is 0.924. The largest absolute Gasteiger partial charge is 0.392 e. The summed E-state index contributed by atoms with van der Waals surface area (Å²) in [4.78, 5) is 12.7. The molecule has 0 bridgehead atoms. The van der Waals surface area contributed by atoms with E-state index >= 15 is 0 Å². The predicted molar refractivity (Wildman–Crippen MR) is 44.7 cm³/mol. The van der Waals surface area contributed by atoms with Gasteiger partial charge in [-0.25, -0.2) is 8.78 Å². The summed E-state index contributed by atoms with van der Waals surface area (Å²) in [5.41, 5.74) is 7.70. The first-order valence-corrected chi connectivity index (χ1v) is 3.41. The number of nitro groups is 1. The third kappa shape index (κ3) is 1.53. The summed E-state index contributed by atoms with van der Waals surface area (Å²) >= 11 is 0. The summed E-state index contributed by atoms with van der Waals surface area (Å²) in [7, 11) is 0. The minimum absolute atomic E-state index is 0.336. The lowest BCUT2D eigenvalue weighted by atomic mass is 10.2. The van der Waals surface area contributed by atoms with E-state index in [0.29, 0.717) is 0 Å². The SMILES string of the molecule is Nc1cnc(C(F)F)c(N)c1[N+](=O)[O-]. The molecule has 0 amide bonds. The van der Waals surface area contributed by atoms with Gasteiger partial charge < -0.3 is 11.5 Å². The molecular formula is C6H6F2N4O2. The van der Waals surface area contributed by atoms with Crippen molar-refractivity contribution in [3.63, 3.8) is 0 Å². The molecule has 0 atom stereocenters. The zero-order valence-corrected chi connectivity index (χ0v) is 6.78. The molecule has 0 aromatic carbocycles. The molecule has 76 valence electrons. The Hall–Kier alpha value is -1.99. The number of aromatic nitrogens is 1. The first-order valence-electron chi connectivity index (χ1n) is 3.41. The second-order valence-corrected chi connectivity index (χ2v) is 2.42. The summed E-state index contributed by atoms with van der Waals surface area (Å²) in [6.45, 7) is 0. The Labute approximate surface area is 76.7 Å². The number of hydrogen-bond donors (Lipinski definition) is 2. The van der Waals surface area contributed by atoms with Crippen molar-refractivity contribution >= 4 is 17.1 Å². The van der Waals surface area contributed by atoms with E-state index in [4.69, 9.17) is 11.5 Å². The molecule has 0 aliphatic carbocycles. The molecule has 14 heavy (non-hydrogen) atoms. The lowest BCUT2D eigenvalue weighted by Crippen LogP contribution is -2.06. The molecule has 0 unspecified atom stereocenters. The number of nitrogen functional groups attached to an aromatic ring is 2. The van der Waals surface area contributed by atoms with Gasteiger partial charge in [-0.3, -0.25) is 15.1 Å². The lowest BCUT2D eigenvalue weighted by molar-refractivity contribution is -0.383. The van der Waals surface area contributed by atoms with Crippen molar-refractivity contribution in [1.82, 2.24) is 4.98 Å². The van der Waals surface area contributed by atoms with E-state index in [-0.39, 0.29) is 5.69 Å². The maximum Gasteiger partial charge on any atom is 0.318 e. The molecule has 0 radical (unpaired) electrons. The summed E-state index contributed by atoms with van der Waals surface area (Å²) in [5.74, 6) is 0. The molecule has 0 aliphatic rings. The maximum atomic E-state index is 12.2. The van der Waals surface area contributed by atoms with Crippen molar-refractivity contribution in [1.29, 1.82) is 0 Å². The minimum Gasteiger partial charge on any atom is -0.392 e. The molecule has 1 rings (SSSR count). The highest BCUT2D eigenvalue weighted by Crippen LogP contribution is 2.34. The van der Waals surface area contributed by atoms with Gasteiger partial charge in [-0.1, -0.05) is 0 Å². The zero-order chi connectivity index (χ0) is 10.9. The van der Waals surface area contributed by atoms with Gasteiger partial charge in [0.05, 0.1) is 11.1 Å². The Morgan fingerprint density at radius 2 is 2.07 bits per heavy atom. The monoisotopic (exact) mass is 204 g/mol. The van der Waals surface area contributed by atoms with Crippen molar-refractivity contribution in [2.75, 3.05) is 11.5 Å². The van der Waals surface area contributed by atoms with Crippen LogP contribution >= 0.6 is 0 Å². The van der Waals surface area contributed by atoms with Crippen LogP contribution in [0, 0.1) is 10.1 Å². The van der Waals surface area contributed by atoms with E-state index in [1.54, 1.807) is 0 Å². The van der Waals surface area contributed by atoms with Crippen LogP contribution in [-0.2, 0) is 0 Å². The Kier molecular flexibility index (Phi) is 2.45. The molecule has 0 saturated carbocycles. The fraction of sp³-hybridized carbons (Fsp3) is 0.167. The number of hydrogen-bond acceptors (Lipinski definition) is 5. The lowest BCUT2D eigenvalue weighted by Gasteiger charge is -2.05. The third-order valence-electron chi connectivity index (χ3n) is 1.54. The number of halogens is 2. The number of nitrogens with zero attached hydrogens (tertiary/aromatic N) is 2. The van der Waals surface area contributed by atoms with Gasteiger partial charge in [0.25, 0.3) is 6.43 Å². The second kappa shape index (κ2) is 3.40. The van der Waals surface area contributed by atoms with Gasteiger partial charge in [0, 0.05) is 0 Å². The average molecular weight is 204 g/mol. The molecule has 0 saturated heterocycles.